The lowest BCUT2D eigenvalue weighted by molar-refractivity contribution is 0.412. The number of rotatable bonds is 1. The number of nitrogens with one attached hydrogen (secondary N) is 1. The van der Waals surface area contributed by atoms with Gasteiger partial charge >= 0.3 is 0 Å². The summed E-state index contributed by atoms with van der Waals surface area (Å²) in [6, 6.07) is 9.74. The molecule has 1 aromatic rings. The van der Waals surface area contributed by atoms with Gasteiger partial charge in [0, 0.05) is 18.0 Å². The van der Waals surface area contributed by atoms with Gasteiger partial charge in [-0.1, -0.05) is 30.3 Å². The van der Waals surface area contributed by atoms with Gasteiger partial charge in [0.15, 0.2) is 0 Å². The van der Waals surface area contributed by atoms with Crippen LogP contribution in [0, 0.1) is 0 Å². The Morgan fingerprint density at radius 2 is 2.00 bits per heavy atom. The van der Waals surface area contributed by atoms with E-state index in [9.17, 15) is 0 Å². The Labute approximate surface area is 77.0 Å². The van der Waals surface area contributed by atoms with E-state index < -0.39 is 5.79 Å². The van der Waals surface area contributed by atoms with Gasteiger partial charge in [0.1, 0.15) is 0 Å². The van der Waals surface area contributed by atoms with Gasteiger partial charge in [-0.05, 0) is 6.08 Å². The number of hydrogen-bond acceptors (Lipinski definition) is 3. The first-order chi connectivity index (χ1) is 6.31. The maximum Gasteiger partial charge on any atom is 0.208 e. The van der Waals surface area contributed by atoms with Crippen molar-refractivity contribution in [2.45, 2.75) is 5.79 Å². The highest BCUT2D eigenvalue weighted by molar-refractivity contribution is 5.72. The molecule has 1 heterocycles. The quantitative estimate of drug-likeness (QED) is 0.664. The molecule has 3 heteroatoms. The highest BCUT2D eigenvalue weighted by atomic mass is 15.2. The molecule has 0 saturated heterocycles. The minimum atomic E-state index is -0.796. The summed E-state index contributed by atoms with van der Waals surface area (Å²) in [6.45, 7) is 0. The summed E-state index contributed by atoms with van der Waals surface area (Å²) in [7, 11) is 0. The molecule has 3 nitrogen and oxygen atoms in total. The third-order valence-corrected chi connectivity index (χ3v) is 1.98. The zero-order valence-corrected chi connectivity index (χ0v) is 7.14. The molecule has 1 aliphatic rings. The number of benzene rings is 1. The maximum atomic E-state index is 6.02. The van der Waals surface area contributed by atoms with Crippen LogP contribution in [0.2, 0.25) is 0 Å². The first-order valence-electron chi connectivity index (χ1n) is 4.14. The molecular weight excluding hydrogens is 162 g/mol. The number of hydrogen-bond donors (Lipinski definition) is 2. The molecule has 0 aliphatic carbocycles. The standard InChI is InChI=1S/C10H11N3/c11-10(12-7-4-8-13-10)9-5-2-1-3-6-9/h1-8,12H,11H2. The Morgan fingerprint density at radius 3 is 2.62 bits per heavy atom. The molecule has 1 aromatic carbocycles. The van der Waals surface area contributed by atoms with Crippen molar-refractivity contribution in [3.63, 3.8) is 0 Å². The van der Waals surface area contributed by atoms with E-state index in [2.05, 4.69) is 10.3 Å². The van der Waals surface area contributed by atoms with E-state index in [1.165, 1.54) is 0 Å². The van der Waals surface area contributed by atoms with Crippen LogP contribution in [-0.4, -0.2) is 6.21 Å². The molecule has 0 bridgehead atoms. The van der Waals surface area contributed by atoms with E-state index in [-0.39, 0.29) is 0 Å². The van der Waals surface area contributed by atoms with Gasteiger partial charge < -0.3 is 5.32 Å². The van der Waals surface area contributed by atoms with Crippen molar-refractivity contribution in [1.29, 1.82) is 0 Å². The molecular formula is C10H11N3. The van der Waals surface area contributed by atoms with E-state index >= 15 is 0 Å². The highest BCUT2D eigenvalue weighted by Gasteiger charge is 2.24. The fourth-order valence-corrected chi connectivity index (χ4v) is 1.27. The Bertz CT molecular complexity index is 342. The largest absolute Gasteiger partial charge is 0.352 e. The molecule has 0 saturated carbocycles. The molecule has 3 N–H and O–H groups in total. The SMILES string of the molecule is NC1(c2ccccc2)N=CC=CN1. The minimum Gasteiger partial charge on any atom is -0.352 e. The van der Waals surface area contributed by atoms with Gasteiger partial charge in [-0.3, -0.25) is 5.73 Å². The Hall–Kier alpha value is -1.61. The lowest BCUT2D eigenvalue weighted by Gasteiger charge is -2.27. The molecule has 0 amide bonds. The molecule has 1 unspecified atom stereocenters. The second-order valence-corrected chi connectivity index (χ2v) is 2.91. The monoisotopic (exact) mass is 173 g/mol. The molecule has 1 aliphatic heterocycles. The third kappa shape index (κ3) is 1.46. The summed E-state index contributed by atoms with van der Waals surface area (Å²) in [6.07, 6.45) is 5.30. The van der Waals surface area contributed by atoms with Crippen LogP contribution in [0.25, 0.3) is 0 Å². The Morgan fingerprint density at radius 1 is 1.23 bits per heavy atom. The average Bonchev–Trinajstić information content (AvgIpc) is 2.20. The number of nitrogens with two attached hydrogens (primary N) is 1. The topological polar surface area (TPSA) is 50.4 Å². The van der Waals surface area contributed by atoms with Crippen molar-refractivity contribution < 1.29 is 0 Å². The smallest absolute Gasteiger partial charge is 0.208 e. The van der Waals surface area contributed by atoms with Crippen LogP contribution in [0.3, 0.4) is 0 Å². The zero-order chi connectivity index (χ0) is 9.15. The first-order valence-corrected chi connectivity index (χ1v) is 4.14. The number of nitrogens with zero attached hydrogens (tertiary/aromatic N) is 1. The predicted octanol–water partition coefficient (Wildman–Crippen LogP) is 0.943. The Kier molecular flexibility index (Phi) is 1.87. The lowest BCUT2D eigenvalue weighted by atomic mass is 10.1. The molecule has 0 spiro atoms. The average molecular weight is 173 g/mol. The number of aliphatic imine (C=N–C) groups is 1. The summed E-state index contributed by atoms with van der Waals surface area (Å²) in [4.78, 5) is 4.19. The number of allylic oxidation sites excluding steroid dienone is 1. The van der Waals surface area contributed by atoms with Crippen LogP contribution in [0.4, 0.5) is 0 Å². The van der Waals surface area contributed by atoms with Crippen LogP contribution in [0.1, 0.15) is 5.56 Å². The third-order valence-electron chi connectivity index (χ3n) is 1.98. The fraction of sp³-hybridized carbons (Fsp3) is 0.100. The van der Waals surface area contributed by atoms with Crippen molar-refractivity contribution in [2.75, 3.05) is 0 Å². The molecule has 0 fully saturated rings. The van der Waals surface area contributed by atoms with Crippen molar-refractivity contribution in [3.05, 3.63) is 48.2 Å². The summed E-state index contributed by atoms with van der Waals surface area (Å²) in [5.74, 6) is -0.796. The van der Waals surface area contributed by atoms with Gasteiger partial charge in [-0.15, -0.1) is 0 Å². The maximum absolute atomic E-state index is 6.02. The zero-order valence-electron chi connectivity index (χ0n) is 7.14. The molecule has 13 heavy (non-hydrogen) atoms. The van der Waals surface area contributed by atoms with E-state index in [0.717, 1.165) is 5.56 Å². The van der Waals surface area contributed by atoms with Crippen molar-refractivity contribution in [3.8, 4) is 0 Å². The van der Waals surface area contributed by atoms with Gasteiger partial charge in [-0.25, -0.2) is 4.99 Å². The van der Waals surface area contributed by atoms with E-state index in [0.29, 0.717) is 0 Å². The van der Waals surface area contributed by atoms with Crippen LogP contribution < -0.4 is 11.1 Å². The lowest BCUT2D eigenvalue weighted by Crippen LogP contribution is -2.47. The normalized spacial score (nSPS) is 25.6. The minimum absolute atomic E-state index is 0.796. The van der Waals surface area contributed by atoms with E-state index in [4.69, 9.17) is 5.73 Å². The van der Waals surface area contributed by atoms with Crippen LogP contribution in [-0.2, 0) is 5.79 Å². The Balaban J connectivity index is 2.35. The second kappa shape index (κ2) is 3.03. The summed E-state index contributed by atoms with van der Waals surface area (Å²) < 4.78 is 0. The van der Waals surface area contributed by atoms with E-state index in [1.54, 1.807) is 12.4 Å². The van der Waals surface area contributed by atoms with E-state index in [1.807, 2.05) is 36.4 Å². The van der Waals surface area contributed by atoms with Gasteiger partial charge in [0.2, 0.25) is 5.79 Å². The first kappa shape index (κ1) is 8.01. The fourth-order valence-electron chi connectivity index (χ4n) is 1.27. The second-order valence-electron chi connectivity index (χ2n) is 2.91. The molecule has 0 radical (unpaired) electrons. The van der Waals surface area contributed by atoms with Gasteiger partial charge in [-0.2, -0.15) is 0 Å². The van der Waals surface area contributed by atoms with Crippen LogP contribution in [0.15, 0.2) is 47.6 Å². The molecule has 66 valence electrons. The van der Waals surface area contributed by atoms with Crippen molar-refractivity contribution >= 4 is 6.21 Å². The van der Waals surface area contributed by atoms with Gasteiger partial charge in [0.25, 0.3) is 0 Å². The van der Waals surface area contributed by atoms with Gasteiger partial charge in [0.05, 0.1) is 0 Å². The summed E-state index contributed by atoms with van der Waals surface area (Å²) >= 11 is 0. The van der Waals surface area contributed by atoms with Crippen LogP contribution in [0.5, 0.6) is 0 Å². The molecule has 2 rings (SSSR count). The van der Waals surface area contributed by atoms with Crippen molar-refractivity contribution in [2.24, 2.45) is 10.7 Å². The summed E-state index contributed by atoms with van der Waals surface area (Å²) in [5.41, 5.74) is 6.97. The summed E-state index contributed by atoms with van der Waals surface area (Å²) in [5, 5.41) is 3.01. The van der Waals surface area contributed by atoms with Crippen LogP contribution >= 0.6 is 0 Å². The highest BCUT2D eigenvalue weighted by Crippen LogP contribution is 2.17. The van der Waals surface area contributed by atoms with Crippen molar-refractivity contribution in [1.82, 2.24) is 5.32 Å². The molecule has 1 atom stereocenters. The molecule has 0 aromatic heterocycles. The predicted molar refractivity (Wildman–Crippen MR) is 53.1 cm³/mol.